The first-order valence-corrected chi connectivity index (χ1v) is 10.5. The summed E-state index contributed by atoms with van der Waals surface area (Å²) in [7, 11) is 3.15. The van der Waals surface area contributed by atoms with Gasteiger partial charge in [0.05, 0.1) is 31.5 Å². The Bertz CT molecular complexity index is 1040. The van der Waals surface area contributed by atoms with Gasteiger partial charge in [-0.15, -0.1) is 0 Å². The second-order valence-electron chi connectivity index (χ2n) is 7.86. The molecule has 0 saturated carbocycles. The average molecular weight is 423 g/mol. The number of ether oxygens (including phenoxy) is 5. The van der Waals surface area contributed by atoms with E-state index < -0.39 is 0 Å². The van der Waals surface area contributed by atoms with E-state index in [4.69, 9.17) is 23.7 Å². The van der Waals surface area contributed by atoms with Crippen LogP contribution in [-0.2, 0) is 11.3 Å². The number of para-hydroxylation sites is 1. The summed E-state index contributed by atoms with van der Waals surface area (Å²) in [6.07, 6.45) is 4.11. The second kappa shape index (κ2) is 8.24. The molecular weight excluding hydrogens is 398 g/mol. The third-order valence-corrected chi connectivity index (χ3v) is 5.89. The van der Waals surface area contributed by atoms with Crippen molar-refractivity contribution in [3.8, 4) is 23.0 Å². The largest absolute Gasteiger partial charge is 0.493 e. The van der Waals surface area contributed by atoms with Crippen LogP contribution in [0.5, 0.6) is 23.0 Å². The SMILES string of the molecule is COc1cccc(/C=C2\Oc3c(ccc4c3CN(CC3CCCO3)CO4)C2=O)c1OC. The highest BCUT2D eigenvalue weighted by Crippen LogP contribution is 2.43. The van der Waals surface area contributed by atoms with Crippen LogP contribution in [0.3, 0.4) is 0 Å². The highest BCUT2D eigenvalue weighted by Gasteiger charge is 2.34. The molecule has 1 saturated heterocycles. The zero-order chi connectivity index (χ0) is 21.4. The number of carbonyl (C=O) groups excluding carboxylic acids is 1. The third-order valence-electron chi connectivity index (χ3n) is 5.89. The maximum absolute atomic E-state index is 13.1. The predicted octanol–water partition coefficient (Wildman–Crippen LogP) is 3.65. The van der Waals surface area contributed by atoms with Crippen LogP contribution >= 0.6 is 0 Å². The van der Waals surface area contributed by atoms with E-state index in [0.717, 1.165) is 37.3 Å². The standard InChI is InChI=1S/C24H25NO6/c1-27-20-7-3-5-15(23(20)28-2)11-21-22(26)17-8-9-19-18(24(17)31-21)13-25(14-30-19)12-16-6-4-10-29-16/h3,5,7-9,11,16H,4,6,10,12-14H2,1-2H3/b21-11-. The van der Waals surface area contributed by atoms with E-state index >= 15 is 0 Å². The molecule has 5 rings (SSSR count). The molecule has 7 heteroatoms. The van der Waals surface area contributed by atoms with Gasteiger partial charge >= 0.3 is 0 Å². The lowest BCUT2D eigenvalue weighted by Crippen LogP contribution is -2.37. The number of hydrogen-bond donors (Lipinski definition) is 0. The van der Waals surface area contributed by atoms with Crippen LogP contribution in [0, 0.1) is 0 Å². The highest BCUT2D eigenvalue weighted by atomic mass is 16.5. The van der Waals surface area contributed by atoms with Gasteiger partial charge in [-0.3, -0.25) is 9.69 Å². The fourth-order valence-corrected chi connectivity index (χ4v) is 4.36. The number of methoxy groups -OCH3 is 2. The highest BCUT2D eigenvalue weighted by molar-refractivity contribution is 6.15. The quantitative estimate of drug-likeness (QED) is 0.680. The maximum atomic E-state index is 13.1. The van der Waals surface area contributed by atoms with E-state index in [2.05, 4.69) is 4.90 Å². The predicted molar refractivity (Wildman–Crippen MR) is 114 cm³/mol. The number of hydrogen-bond acceptors (Lipinski definition) is 7. The Morgan fingerprint density at radius 3 is 2.87 bits per heavy atom. The molecule has 0 aromatic heterocycles. The number of carbonyl (C=O) groups is 1. The van der Waals surface area contributed by atoms with Gasteiger partial charge in [-0.2, -0.15) is 0 Å². The Kier molecular flexibility index (Phi) is 5.29. The topological polar surface area (TPSA) is 66.5 Å². The van der Waals surface area contributed by atoms with Crippen molar-refractivity contribution in [2.75, 3.05) is 34.1 Å². The van der Waals surface area contributed by atoms with E-state index in [1.165, 1.54) is 0 Å². The average Bonchev–Trinajstić information content (AvgIpc) is 3.42. The maximum Gasteiger partial charge on any atom is 0.231 e. The number of nitrogens with zero attached hydrogens (tertiary/aromatic N) is 1. The Balaban J connectivity index is 1.44. The number of fused-ring (bicyclic) bond motifs is 3. The van der Waals surface area contributed by atoms with Gasteiger partial charge in [0, 0.05) is 25.3 Å². The Morgan fingerprint density at radius 1 is 1.19 bits per heavy atom. The summed E-state index contributed by atoms with van der Waals surface area (Å²) < 4.78 is 28.6. The molecule has 7 nitrogen and oxygen atoms in total. The van der Waals surface area contributed by atoms with Crippen LogP contribution in [0.15, 0.2) is 36.1 Å². The number of benzene rings is 2. The van der Waals surface area contributed by atoms with Gasteiger partial charge in [0.15, 0.2) is 17.3 Å². The minimum atomic E-state index is -0.154. The monoisotopic (exact) mass is 423 g/mol. The summed E-state index contributed by atoms with van der Waals surface area (Å²) in [6.45, 7) is 2.79. The van der Waals surface area contributed by atoms with Gasteiger partial charge < -0.3 is 23.7 Å². The molecule has 2 aromatic carbocycles. The molecule has 2 aromatic rings. The van der Waals surface area contributed by atoms with Crippen molar-refractivity contribution < 1.29 is 28.5 Å². The van der Waals surface area contributed by atoms with Crippen molar-refractivity contribution in [2.24, 2.45) is 0 Å². The van der Waals surface area contributed by atoms with E-state index in [9.17, 15) is 4.79 Å². The van der Waals surface area contributed by atoms with Crippen LogP contribution in [-0.4, -0.2) is 50.9 Å². The number of rotatable bonds is 5. The van der Waals surface area contributed by atoms with Crippen LogP contribution in [0.1, 0.15) is 34.3 Å². The number of allylic oxidation sites excluding steroid dienone is 1. The van der Waals surface area contributed by atoms with E-state index in [-0.39, 0.29) is 17.6 Å². The molecule has 0 amide bonds. The second-order valence-corrected chi connectivity index (χ2v) is 7.86. The van der Waals surface area contributed by atoms with Gasteiger partial charge in [0.1, 0.15) is 18.2 Å². The molecule has 0 spiro atoms. The summed E-state index contributed by atoms with van der Waals surface area (Å²) in [4.78, 5) is 15.3. The summed E-state index contributed by atoms with van der Waals surface area (Å²) in [6, 6.07) is 9.14. The molecule has 3 heterocycles. The van der Waals surface area contributed by atoms with Crippen molar-refractivity contribution in [3.05, 3.63) is 52.8 Å². The van der Waals surface area contributed by atoms with Crippen molar-refractivity contribution in [3.63, 3.8) is 0 Å². The zero-order valence-corrected chi connectivity index (χ0v) is 17.7. The molecular formula is C24H25NO6. The van der Waals surface area contributed by atoms with Gasteiger partial charge in [0.25, 0.3) is 0 Å². The number of Topliss-reactive ketones (excluding diaryl/α,β-unsaturated/α-hetero) is 1. The smallest absolute Gasteiger partial charge is 0.231 e. The summed E-state index contributed by atoms with van der Waals surface area (Å²) in [5.74, 6) is 2.58. The van der Waals surface area contributed by atoms with E-state index in [0.29, 0.717) is 41.7 Å². The molecule has 1 fully saturated rings. The van der Waals surface area contributed by atoms with Gasteiger partial charge in [-0.05, 0) is 37.1 Å². The minimum Gasteiger partial charge on any atom is -0.493 e. The molecule has 0 aliphatic carbocycles. The first-order valence-electron chi connectivity index (χ1n) is 10.5. The molecule has 3 aliphatic rings. The fraction of sp³-hybridized carbons (Fsp3) is 0.375. The van der Waals surface area contributed by atoms with Crippen LogP contribution in [0.25, 0.3) is 6.08 Å². The van der Waals surface area contributed by atoms with Crippen molar-refractivity contribution in [2.45, 2.75) is 25.5 Å². The molecule has 1 atom stereocenters. The van der Waals surface area contributed by atoms with E-state index in [1.54, 1.807) is 26.4 Å². The zero-order valence-electron chi connectivity index (χ0n) is 17.7. The third kappa shape index (κ3) is 3.64. The number of ketones is 1. The van der Waals surface area contributed by atoms with Crippen molar-refractivity contribution in [1.29, 1.82) is 0 Å². The van der Waals surface area contributed by atoms with Gasteiger partial charge in [0.2, 0.25) is 5.78 Å². The van der Waals surface area contributed by atoms with Crippen molar-refractivity contribution >= 4 is 11.9 Å². The molecule has 162 valence electrons. The molecule has 0 bridgehead atoms. The van der Waals surface area contributed by atoms with Crippen LogP contribution in [0.2, 0.25) is 0 Å². The Labute approximate surface area is 181 Å². The Morgan fingerprint density at radius 2 is 2.10 bits per heavy atom. The Hall–Kier alpha value is -3.03. The molecule has 3 aliphatic heterocycles. The summed E-state index contributed by atoms with van der Waals surface area (Å²) >= 11 is 0. The normalized spacial score (nSPS) is 21.4. The first kappa shape index (κ1) is 19.9. The van der Waals surface area contributed by atoms with Gasteiger partial charge in [-0.1, -0.05) is 12.1 Å². The van der Waals surface area contributed by atoms with E-state index in [1.807, 2.05) is 24.3 Å². The molecule has 31 heavy (non-hydrogen) atoms. The lowest BCUT2D eigenvalue weighted by Gasteiger charge is -2.31. The van der Waals surface area contributed by atoms with Crippen LogP contribution < -0.4 is 18.9 Å². The summed E-state index contributed by atoms with van der Waals surface area (Å²) in [5.41, 5.74) is 2.16. The molecule has 0 radical (unpaired) electrons. The summed E-state index contributed by atoms with van der Waals surface area (Å²) in [5, 5.41) is 0. The fourth-order valence-electron chi connectivity index (χ4n) is 4.36. The van der Waals surface area contributed by atoms with Crippen molar-refractivity contribution in [1.82, 2.24) is 4.90 Å². The molecule has 1 unspecified atom stereocenters. The lowest BCUT2D eigenvalue weighted by atomic mass is 10.0. The van der Waals surface area contributed by atoms with Crippen LogP contribution in [0.4, 0.5) is 0 Å². The lowest BCUT2D eigenvalue weighted by molar-refractivity contribution is 0.0274. The minimum absolute atomic E-state index is 0.154. The van der Waals surface area contributed by atoms with Gasteiger partial charge in [-0.25, -0.2) is 0 Å². The molecule has 0 N–H and O–H groups in total. The first-order chi connectivity index (χ1) is 15.2.